The number of carboxylic acid groups (broad SMARTS) is 1. The monoisotopic (exact) mass is 235 g/mol. The van der Waals surface area contributed by atoms with E-state index < -0.39 is 5.97 Å². The topological polar surface area (TPSA) is 86.6 Å². The van der Waals surface area contributed by atoms with E-state index in [4.69, 9.17) is 5.11 Å². The molecule has 0 saturated carbocycles. The lowest BCUT2D eigenvalue weighted by Gasteiger charge is -2.08. The molecular formula is C12H13NO4. The molecule has 5 heteroatoms. The molecule has 0 bridgehead atoms. The molecule has 0 aliphatic rings. The van der Waals surface area contributed by atoms with E-state index in [0.29, 0.717) is 6.42 Å². The number of hydrogen-bond acceptors (Lipinski definition) is 3. The summed E-state index contributed by atoms with van der Waals surface area (Å²) < 4.78 is 0. The number of hydrogen-bond donors (Lipinski definition) is 3. The van der Waals surface area contributed by atoms with Crippen molar-refractivity contribution >= 4 is 17.6 Å². The zero-order valence-corrected chi connectivity index (χ0v) is 9.14. The summed E-state index contributed by atoms with van der Waals surface area (Å²) in [5.41, 5.74) is 0.0290. The van der Waals surface area contributed by atoms with Crippen LogP contribution in [0.5, 0.6) is 5.75 Å². The second kappa shape index (κ2) is 5.69. The summed E-state index contributed by atoms with van der Waals surface area (Å²) in [5.74, 6) is -1.66. The fourth-order valence-corrected chi connectivity index (χ4v) is 1.26. The summed E-state index contributed by atoms with van der Waals surface area (Å²) in [6.07, 6.45) is 2.37. The van der Waals surface area contributed by atoms with Crippen LogP contribution < -0.4 is 5.32 Å². The fourth-order valence-electron chi connectivity index (χ4n) is 1.26. The van der Waals surface area contributed by atoms with Crippen LogP contribution in [0.1, 0.15) is 23.2 Å². The van der Waals surface area contributed by atoms with Crippen LogP contribution >= 0.6 is 0 Å². The first-order valence-corrected chi connectivity index (χ1v) is 5.01. The van der Waals surface area contributed by atoms with Gasteiger partial charge in [0.05, 0.1) is 11.3 Å². The Hall–Kier alpha value is -2.30. The minimum absolute atomic E-state index is 0.142. The molecule has 0 aromatic heterocycles. The Kier molecular flexibility index (Phi) is 4.28. The number of aromatic carboxylic acids is 1. The standard InChI is InChI=1S/C12H13NO4/c1-2-3-4-11(15)13-10-6-5-8(14)7-9(10)12(16)17/h2,5-7,14H,1,3-4H2,(H,13,15)(H,16,17). The third-order valence-electron chi connectivity index (χ3n) is 2.08. The molecule has 0 aliphatic heterocycles. The maximum atomic E-state index is 11.4. The second-order valence-electron chi connectivity index (χ2n) is 3.41. The molecule has 1 amide bonds. The van der Waals surface area contributed by atoms with E-state index in [1.807, 2.05) is 0 Å². The lowest BCUT2D eigenvalue weighted by atomic mass is 10.1. The van der Waals surface area contributed by atoms with Crippen LogP contribution in [0.15, 0.2) is 30.9 Å². The van der Waals surface area contributed by atoms with E-state index in [0.717, 1.165) is 6.07 Å². The zero-order chi connectivity index (χ0) is 12.8. The highest BCUT2D eigenvalue weighted by Gasteiger charge is 2.12. The normalized spacial score (nSPS) is 9.65. The summed E-state index contributed by atoms with van der Waals surface area (Å²) in [7, 11) is 0. The quantitative estimate of drug-likeness (QED) is 0.538. The van der Waals surface area contributed by atoms with E-state index in [2.05, 4.69) is 11.9 Å². The van der Waals surface area contributed by atoms with Crippen molar-refractivity contribution in [2.45, 2.75) is 12.8 Å². The highest BCUT2D eigenvalue weighted by molar-refractivity contribution is 6.00. The Morgan fingerprint density at radius 1 is 1.41 bits per heavy atom. The van der Waals surface area contributed by atoms with Gasteiger partial charge in [-0.05, 0) is 24.6 Å². The Morgan fingerprint density at radius 2 is 2.12 bits per heavy atom. The van der Waals surface area contributed by atoms with Crippen molar-refractivity contribution in [1.82, 2.24) is 0 Å². The lowest BCUT2D eigenvalue weighted by Crippen LogP contribution is -2.13. The van der Waals surface area contributed by atoms with Crippen LogP contribution in [0.25, 0.3) is 0 Å². The number of anilines is 1. The molecule has 17 heavy (non-hydrogen) atoms. The van der Waals surface area contributed by atoms with Gasteiger partial charge >= 0.3 is 5.97 Å². The van der Waals surface area contributed by atoms with Gasteiger partial charge in [-0.1, -0.05) is 6.08 Å². The SMILES string of the molecule is C=CCCC(=O)Nc1ccc(O)cc1C(=O)O. The molecule has 1 aromatic carbocycles. The van der Waals surface area contributed by atoms with Crippen molar-refractivity contribution in [3.63, 3.8) is 0 Å². The molecule has 0 aliphatic carbocycles. The Labute approximate surface area is 98.4 Å². The predicted molar refractivity (Wildman–Crippen MR) is 63.1 cm³/mol. The van der Waals surface area contributed by atoms with Gasteiger partial charge < -0.3 is 15.5 Å². The van der Waals surface area contributed by atoms with Crippen molar-refractivity contribution in [3.05, 3.63) is 36.4 Å². The average molecular weight is 235 g/mol. The van der Waals surface area contributed by atoms with Gasteiger partial charge in [-0.3, -0.25) is 4.79 Å². The summed E-state index contributed by atoms with van der Waals surface area (Å²) in [4.78, 5) is 22.3. The van der Waals surface area contributed by atoms with Crippen LogP contribution in [0, 0.1) is 0 Å². The largest absolute Gasteiger partial charge is 0.508 e. The number of phenols is 1. The second-order valence-corrected chi connectivity index (χ2v) is 3.41. The first-order chi connectivity index (χ1) is 8.04. The number of carboxylic acids is 1. The average Bonchev–Trinajstić information content (AvgIpc) is 2.28. The first-order valence-electron chi connectivity index (χ1n) is 5.01. The van der Waals surface area contributed by atoms with Gasteiger partial charge in [0.15, 0.2) is 0 Å². The zero-order valence-electron chi connectivity index (χ0n) is 9.14. The maximum Gasteiger partial charge on any atom is 0.337 e. The molecule has 5 nitrogen and oxygen atoms in total. The molecule has 0 unspecified atom stereocenters. The number of allylic oxidation sites excluding steroid dienone is 1. The Bertz CT molecular complexity index is 454. The summed E-state index contributed by atoms with van der Waals surface area (Å²) in [5, 5.41) is 20.5. The Balaban J connectivity index is 2.86. The number of phenolic OH excluding ortho intramolecular Hbond substituents is 1. The van der Waals surface area contributed by atoms with Crippen LogP contribution in [0.3, 0.4) is 0 Å². The number of carbonyl (C=O) groups excluding carboxylic acids is 1. The van der Waals surface area contributed by atoms with Gasteiger partial charge in [0.2, 0.25) is 5.91 Å². The highest BCUT2D eigenvalue weighted by Crippen LogP contribution is 2.21. The van der Waals surface area contributed by atoms with Crippen LogP contribution in [0.2, 0.25) is 0 Å². The lowest BCUT2D eigenvalue weighted by molar-refractivity contribution is -0.116. The predicted octanol–water partition coefficient (Wildman–Crippen LogP) is 2.00. The summed E-state index contributed by atoms with van der Waals surface area (Å²) >= 11 is 0. The van der Waals surface area contributed by atoms with E-state index in [9.17, 15) is 14.7 Å². The van der Waals surface area contributed by atoms with E-state index in [1.165, 1.54) is 12.1 Å². The highest BCUT2D eigenvalue weighted by atomic mass is 16.4. The van der Waals surface area contributed by atoms with Crippen molar-refractivity contribution in [1.29, 1.82) is 0 Å². The molecule has 3 N–H and O–H groups in total. The summed E-state index contributed by atoms with van der Waals surface area (Å²) in [6, 6.07) is 3.76. The minimum atomic E-state index is -1.21. The Morgan fingerprint density at radius 3 is 2.71 bits per heavy atom. The third-order valence-corrected chi connectivity index (χ3v) is 2.08. The molecule has 0 saturated heterocycles. The number of amides is 1. The molecule has 90 valence electrons. The van der Waals surface area contributed by atoms with Gasteiger partial charge in [0.25, 0.3) is 0 Å². The number of rotatable bonds is 5. The summed E-state index contributed by atoms with van der Waals surface area (Å²) in [6.45, 7) is 3.49. The van der Waals surface area contributed by atoms with Gasteiger partial charge in [-0.2, -0.15) is 0 Å². The third kappa shape index (κ3) is 3.64. The van der Waals surface area contributed by atoms with E-state index in [1.54, 1.807) is 6.08 Å². The van der Waals surface area contributed by atoms with Crippen molar-refractivity contribution in [3.8, 4) is 5.75 Å². The van der Waals surface area contributed by atoms with Crippen LogP contribution in [0.4, 0.5) is 5.69 Å². The molecule has 0 spiro atoms. The smallest absolute Gasteiger partial charge is 0.337 e. The number of benzene rings is 1. The minimum Gasteiger partial charge on any atom is -0.508 e. The van der Waals surface area contributed by atoms with Crippen LogP contribution in [-0.4, -0.2) is 22.1 Å². The molecule has 0 radical (unpaired) electrons. The maximum absolute atomic E-state index is 11.4. The van der Waals surface area contributed by atoms with Crippen LogP contribution in [-0.2, 0) is 4.79 Å². The van der Waals surface area contributed by atoms with E-state index >= 15 is 0 Å². The first kappa shape index (κ1) is 12.8. The molecule has 0 atom stereocenters. The molecule has 0 fully saturated rings. The van der Waals surface area contributed by atoms with Crippen molar-refractivity contribution in [2.24, 2.45) is 0 Å². The molecule has 0 heterocycles. The van der Waals surface area contributed by atoms with Gasteiger partial charge in [-0.15, -0.1) is 6.58 Å². The van der Waals surface area contributed by atoms with Gasteiger partial charge in [0.1, 0.15) is 5.75 Å². The molecular weight excluding hydrogens is 222 g/mol. The molecule has 1 aromatic rings. The van der Waals surface area contributed by atoms with Crippen molar-refractivity contribution < 1.29 is 19.8 Å². The molecule has 1 rings (SSSR count). The number of aromatic hydroxyl groups is 1. The van der Waals surface area contributed by atoms with Gasteiger partial charge in [-0.25, -0.2) is 4.79 Å². The van der Waals surface area contributed by atoms with E-state index in [-0.39, 0.29) is 29.3 Å². The fraction of sp³-hybridized carbons (Fsp3) is 0.167. The van der Waals surface area contributed by atoms with Gasteiger partial charge in [0, 0.05) is 6.42 Å². The number of nitrogens with one attached hydrogen (secondary N) is 1. The number of carbonyl (C=O) groups is 2. The van der Waals surface area contributed by atoms with Crippen molar-refractivity contribution in [2.75, 3.05) is 5.32 Å².